The van der Waals surface area contributed by atoms with E-state index in [2.05, 4.69) is 4.98 Å². The lowest BCUT2D eigenvalue weighted by atomic mass is 10.2. The number of pyridine rings is 1. The van der Waals surface area contributed by atoms with Gasteiger partial charge in [0.25, 0.3) is 0 Å². The highest BCUT2D eigenvalue weighted by molar-refractivity contribution is 5.81. The third-order valence-electron chi connectivity index (χ3n) is 4.46. The molecule has 7 nitrogen and oxygen atoms in total. The molecule has 1 atom stereocenters. The van der Waals surface area contributed by atoms with Crippen molar-refractivity contribution in [1.82, 2.24) is 9.88 Å². The third kappa shape index (κ3) is 2.75. The minimum atomic E-state index is -0.395. The van der Waals surface area contributed by atoms with Gasteiger partial charge in [0.2, 0.25) is 11.7 Å². The number of nitrogens with zero attached hydrogens (tertiary/aromatic N) is 4. The molecule has 7 heteroatoms. The maximum absolute atomic E-state index is 12.1. The van der Waals surface area contributed by atoms with Gasteiger partial charge in [-0.25, -0.2) is 4.98 Å². The second-order valence-electron chi connectivity index (χ2n) is 6.22. The Labute approximate surface area is 129 Å². The zero-order chi connectivity index (χ0) is 15.9. The summed E-state index contributed by atoms with van der Waals surface area (Å²) in [6.07, 6.45) is 4.46. The Morgan fingerprint density at radius 2 is 2.18 bits per heavy atom. The minimum Gasteiger partial charge on any atom is -0.349 e. The smallest absolute Gasteiger partial charge is 0.311 e. The van der Waals surface area contributed by atoms with Crippen LogP contribution in [0.15, 0.2) is 12.3 Å². The van der Waals surface area contributed by atoms with Crippen molar-refractivity contribution < 1.29 is 9.72 Å². The molecule has 0 radical (unpaired) electrons. The fourth-order valence-corrected chi connectivity index (χ4v) is 2.97. The lowest BCUT2D eigenvalue weighted by Crippen LogP contribution is -2.37. The fraction of sp³-hybridized carbons (Fsp3) is 0.600. The van der Waals surface area contributed by atoms with Crippen LogP contribution in [0.5, 0.6) is 0 Å². The summed E-state index contributed by atoms with van der Waals surface area (Å²) in [6, 6.07) is 1.62. The molecule has 1 saturated heterocycles. The molecule has 1 unspecified atom stereocenters. The van der Waals surface area contributed by atoms with Crippen LogP contribution >= 0.6 is 0 Å². The average molecular weight is 304 g/mol. The van der Waals surface area contributed by atoms with E-state index < -0.39 is 4.92 Å². The molecule has 0 N–H and O–H groups in total. The van der Waals surface area contributed by atoms with E-state index in [4.69, 9.17) is 0 Å². The third-order valence-corrected chi connectivity index (χ3v) is 4.46. The molecule has 118 valence electrons. The van der Waals surface area contributed by atoms with Crippen molar-refractivity contribution in [3.05, 3.63) is 27.9 Å². The van der Waals surface area contributed by atoms with E-state index in [0.717, 1.165) is 31.4 Å². The molecule has 1 amide bonds. The first kappa shape index (κ1) is 14.7. The summed E-state index contributed by atoms with van der Waals surface area (Å²) in [7, 11) is 1.82. The maximum Gasteiger partial charge on any atom is 0.311 e. The van der Waals surface area contributed by atoms with Crippen LogP contribution in [-0.2, 0) is 4.79 Å². The second kappa shape index (κ2) is 5.55. The van der Waals surface area contributed by atoms with Gasteiger partial charge in [0, 0.05) is 44.4 Å². The van der Waals surface area contributed by atoms with E-state index in [9.17, 15) is 14.9 Å². The molecule has 1 aromatic rings. The van der Waals surface area contributed by atoms with Crippen LogP contribution in [0.3, 0.4) is 0 Å². The largest absolute Gasteiger partial charge is 0.349 e. The molecular formula is C15H20N4O3. The molecule has 0 spiro atoms. The lowest BCUT2D eigenvalue weighted by Gasteiger charge is -2.25. The fourth-order valence-electron chi connectivity index (χ4n) is 2.97. The predicted octanol–water partition coefficient (Wildman–Crippen LogP) is 1.75. The Kier molecular flexibility index (Phi) is 3.72. The van der Waals surface area contributed by atoms with Crippen LogP contribution in [0.2, 0.25) is 0 Å². The summed E-state index contributed by atoms with van der Waals surface area (Å²) in [5.41, 5.74) is 0.787. The molecule has 2 heterocycles. The summed E-state index contributed by atoms with van der Waals surface area (Å²) >= 11 is 0. The molecule has 1 aliphatic carbocycles. The SMILES string of the molecule is Cc1cnc(N(C)C2CCN(C(=O)C3CC3)C2)c([N+](=O)[O-])c1. The number of likely N-dealkylation sites (N-methyl/N-ethyl adjacent to an activating group) is 1. The van der Waals surface area contributed by atoms with Crippen molar-refractivity contribution in [2.45, 2.75) is 32.2 Å². The van der Waals surface area contributed by atoms with Gasteiger partial charge >= 0.3 is 5.69 Å². The zero-order valence-corrected chi connectivity index (χ0v) is 12.9. The van der Waals surface area contributed by atoms with Crippen LogP contribution < -0.4 is 4.90 Å². The summed E-state index contributed by atoms with van der Waals surface area (Å²) in [5.74, 6) is 0.833. The first-order chi connectivity index (χ1) is 10.5. The van der Waals surface area contributed by atoms with Gasteiger partial charge in [-0.05, 0) is 31.7 Å². The Morgan fingerprint density at radius 3 is 2.82 bits per heavy atom. The van der Waals surface area contributed by atoms with E-state index in [-0.39, 0.29) is 23.6 Å². The number of aryl methyl sites for hydroxylation is 1. The van der Waals surface area contributed by atoms with Crippen molar-refractivity contribution in [3.63, 3.8) is 0 Å². The van der Waals surface area contributed by atoms with Gasteiger partial charge in [0.15, 0.2) is 0 Å². The summed E-state index contributed by atoms with van der Waals surface area (Å²) in [6.45, 7) is 3.14. The van der Waals surface area contributed by atoms with Crippen LogP contribution in [0.4, 0.5) is 11.5 Å². The number of anilines is 1. The molecular weight excluding hydrogens is 284 g/mol. The average Bonchev–Trinajstić information content (AvgIpc) is 3.22. The van der Waals surface area contributed by atoms with Crippen LogP contribution in [0.25, 0.3) is 0 Å². The first-order valence-corrected chi connectivity index (χ1v) is 7.60. The molecule has 0 aromatic carbocycles. The van der Waals surface area contributed by atoms with Gasteiger partial charge in [-0.15, -0.1) is 0 Å². The number of hydrogen-bond acceptors (Lipinski definition) is 5. The topological polar surface area (TPSA) is 79.6 Å². The Morgan fingerprint density at radius 1 is 1.45 bits per heavy atom. The van der Waals surface area contributed by atoms with Crippen molar-refractivity contribution >= 4 is 17.4 Å². The molecule has 1 saturated carbocycles. The quantitative estimate of drug-likeness (QED) is 0.625. The minimum absolute atomic E-state index is 0.0227. The van der Waals surface area contributed by atoms with Gasteiger partial charge in [-0.3, -0.25) is 14.9 Å². The van der Waals surface area contributed by atoms with Gasteiger partial charge in [-0.2, -0.15) is 0 Å². The number of amides is 1. The summed E-state index contributed by atoms with van der Waals surface area (Å²) in [5, 5.41) is 11.2. The highest BCUT2D eigenvalue weighted by atomic mass is 16.6. The molecule has 2 aliphatic rings. The van der Waals surface area contributed by atoms with E-state index in [1.54, 1.807) is 19.2 Å². The van der Waals surface area contributed by atoms with E-state index in [1.807, 2.05) is 16.8 Å². The summed E-state index contributed by atoms with van der Waals surface area (Å²) in [4.78, 5) is 30.9. The monoisotopic (exact) mass is 304 g/mol. The zero-order valence-electron chi connectivity index (χ0n) is 12.9. The lowest BCUT2D eigenvalue weighted by molar-refractivity contribution is -0.384. The van der Waals surface area contributed by atoms with Gasteiger partial charge < -0.3 is 9.80 Å². The summed E-state index contributed by atoms with van der Waals surface area (Å²) < 4.78 is 0. The highest BCUT2D eigenvalue weighted by Crippen LogP contribution is 2.34. The molecule has 2 fully saturated rings. The Balaban J connectivity index is 1.75. The second-order valence-corrected chi connectivity index (χ2v) is 6.22. The number of carbonyl (C=O) groups is 1. The van der Waals surface area contributed by atoms with E-state index >= 15 is 0 Å². The first-order valence-electron chi connectivity index (χ1n) is 7.60. The number of carbonyl (C=O) groups excluding carboxylic acids is 1. The molecule has 3 rings (SSSR count). The van der Waals surface area contributed by atoms with Crippen molar-refractivity contribution in [2.24, 2.45) is 5.92 Å². The Hall–Kier alpha value is -2.18. The number of nitro groups is 1. The molecule has 0 bridgehead atoms. The highest BCUT2D eigenvalue weighted by Gasteiger charge is 2.38. The van der Waals surface area contributed by atoms with E-state index in [0.29, 0.717) is 12.4 Å². The van der Waals surface area contributed by atoms with Crippen molar-refractivity contribution in [2.75, 3.05) is 25.0 Å². The standard InChI is InChI=1S/C15H20N4O3/c1-10-7-13(19(21)22)14(16-8-10)17(2)12-5-6-18(9-12)15(20)11-3-4-11/h7-8,11-12H,3-6,9H2,1-2H3. The van der Waals surface area contributed by atoms with Crippen LogP contribution in [0, 0.1) is 23.0 Å². The van der Waals surface area contributed by atoms with Gasteiger partial charge in [0.1, 0.15) is 0 Å². The van der Waals surface area contributed by atoms with Crippen molar-refractivity contribution in [3.8, 4) is 0 Å². The van der Waals surface area contributed by atoms with Gasteiger partial charge in [0.05, 0.1) is 4.92 Å². The van der Waals surface area contributed by atoms with Crippen molar-refractivity contribution in [1.29, 1.82) is 0 Å². The molecule has 1 aromatic heterocycles. The molecule has 1 aliphatic heterocycles. The number of likely N-dealkylation sites (tertiary alicyclic amines) is 1. The number of aromatic nitrogens is 1. The Bertz CT molecular complexity index is 615. The normalized spacial score (nSPS) is 21.0. The molecule has 22 heavy (non-hydrogen) atoms. The predicted molar refractivity (Wildman–Crippen MR) is 81.7 cm³/mol. The van der Waals surface area contributed by atoms with Crippen LogP contribution in [0.1, 0.15) is 24.8 Å². The number of rotatable bonds is 4. The van der Waals surface area contributed by atoms with E-state index in [1.165, 1.54) is 0 Å². The number of hydrogen-bond donors (Lipinski definition) is 0. The maximum atomic E-state index is 12.1. The van der Waals surface area contributed by atoms with Gasteiger partial charge in [-0.1, -0.05) is 0 Å². The van der Waals surface area contributed by atoms with Crippen LogP contribution in [-0.4, -0.2) is 46.9 Å².